The van der Waals surface area contributed by atoms with Gasteiger partial charge in [0.2, 0.25) is 0 Å². The van der Waals surface area contributed by atoms with Gasteiger partial charge in [0.1, 0.15) is 18.1 Å². The first-order valence-electron chi connectivity index (χ1n) is 5.20. The van der Waals surface area contributed by atoms with Crippen molar-refractivity contribution in [3.8, 4) is 17.6 Å². The quantitative estimate of drug-likeness (QED) is 0.595. The van der Waals surface area contributed by atoms with Gasteiger partial charge in [-0.1, -0.05) is 0 Å². The van der Waals surface area contributed by atoms with Crippen molar-refractivity contribution in [2.75, 3.05) is 32.7 Å². The molecule has 0 amide bonds. The van der Waals surface area contributed by atoms with Crippen LogP contribution in [0.1, 0.15) is 5.56 Å². The van der Waals surface area contributed by atoms with Crippen molar-refractivity contribution in [3.05, 3.63) is 23.8 Å². The summed E-state index contributed by atoms with van der Waals surface area (Å²) in [6.07, 6.45) is 0. The third kappa shape index (κ3) is 4.98. The van der Waals surface area contributed by atoms with Crippen molar-refractivity contribution in [2.45, 2.75) is 0 Å². The molecule has 0 aliphatic carbocycles. The molecule has 0 saturated carbocycles. The number of hydrogen-bond acceptors (Lipinski definition) is 5. The molecule has 4 nitrogen and oxygen atoms in total. The Kier molecular flexibility index (Phi) is 6.30. The second kappa shape index (κ2) is 7.82. The van der Waals surface area contributed by atoms with Crippen LogP contribution in [0.5, 0.6) is 11.5 Å². The molecule has 5 heteroatoms. The van der Waals surface area contributed by atoms with E-state index in [4.69, 9.17) is 19.5 Å². The predicted molar refractivity (Wildman–Crippen MR) is 67.9 cm³/mol. The summed E-state index contributed by atoms with van der Waals surface area (Å²) in [6.45, 7) is 1.54. The zero-order chi connectivity index (χ0) is 12.5. The van der Waals surface area contributed by atoms with Crippen molar-refractivity contribution < 1.29 is 14.2 Å². The van der Waals surface area contributed by atoms with Crippen molar-refractivity contribution in [3.63, 3.8) is 0 Å². The number of methoxy groups -OCH3 is 1. The van der Waals surface area contributed by atoms with Gasteiger partial charge in [0.05, 0.1) is 32.0 Å². The van der Waals surface area contributed by atoms with E-state index in [1.165, 1.54) is 0 Å². The average molecular weight is 253 g/mol. The Hall–Kier alpha value is -1.38. The predicted octanol–water partition coefficient (Wildman–Crippen LogP) is 1.89. The molecule has 0 fully saturated rings. The summed E-state index contributed by atoms with van der Waals surface area (Å²) in [4.78, 5) is 0. The second-order valence-corrected chi connectivity index (χ2v) is 3.64. The minimum atomic E-state index is 0.436. The summed E-state index contributed by atoms with van der Waals surface area (Å²) in [5.74, 6) is 1.91. The number of ether oxygens (including phenoxy) is 3. The monoisotopic (exact) mass is 253 g/mol. The first kappa shape index (κ1) is 13.7. The Morgan fingerprint density at radius 2 is 1.94 bits per heavy atom. The van der Waals surface area contributed by atoms with Crippen LogP contribution < -0.4 is 9.47 Å². The molecule has 0 aliphatic heterocycles. The Labute approximate surface area is 107 Å². The molecule has 0 aliphatic rings. The molecule has 0 radical (unpaired) electrons. The molecular formula is C12H15NO3S. The maximum atomic E-state index is 8.83. The lowest BCUT2D eigenvalue weighted by molar-refractivity contribution is 0.112. The molecule has 17 heavy (non-hydrogen) atoms. The Bertz CT molecular complexity index is 390. The first-order valence-corrected chi connectivity index (χ1v) is 5.84. The molecule has 0 spiro atoms. The lowest BCUT2D eigenvalue weighted by atomic mass is 10.2. The number of nitrogens with zero attached hydrogens (tertiary/aromatic N) is 1. The van der Waals surface area contributed by atoms with E-state index in [1.807, 2.05) is 0 Å². The fraction of sp³-hybridized carbons (Fsp3) is 0.417. The van der Waals surface area contributed by atoms with E-state index in [9.17, 15) is 0 Å². The number of thiol groups is 1. The highest BCUT2D eigenvalue weighted by atomic mass is 32.1. The highest BCUT2D eigenvalue weighted by Crippen LogP contribution is 2.22. The minimum Gasteiger partial charge on any atom is -0.497 e. The number of benzene rings is 1. The number of hydrogen-bond donors (Lipinski definition) is 1. The van der Waals surface area contributed by atoms with Crippen LogP contribution in [0.2, 0.25) is 0 Å². The Morgan fingerprint density at radius 3 is 2.59 bits per heavy atom. The zero-order valence-electron chi connectivity index (χ0n) is 9.68. The summed E-state index contributed by atoms with van der Waals surface area (Å²) >= 11 is 4.03. The van der Waals surface area contributed by atoms with E-state index in [2.05, 4.69) is 18.7 Å². The average Bonchev–Trinajstić information content (AvgIpc) is 2.38. The van der Waals surface area contributed by atoms with Crippen molar-refractivity contribution in [1.82, 2.24) is 0 Å². The van der Waals surface area contributed by atoms with Crippen LogP contribution in [0.3, 0.4) is 0 Å². The largest absolute Gasteiger partial charge is 0.497 e. The summed E-state index contributed by atoms with van der Waals surface area (Å²) in [6, 6.07) is 7.11. The van der Waals surface area contributed by atoms with Crippen LogP contribution in [-0.4, -0.2) is 32.7 Å². The van der Waals surface area contributed by atoms with Crippen molar-refractivity contribution in [1.29, 1.82) is 5.26 Å². The SMILES string of the molecule is COc1cc(C#N)cc(OCCOCCS)c1. The van der Waals surface area contributed by atoms with Crippen LogP contribution in [0.25, 0.3) is 0 Å². The molecular weight excluding hydrogens is 238 g/mol. The smallest absolute Gasteiger partial charge is 0.124 e. The third-order valence-electron chi connectivity index (χ3n) is 1.98. The molecule has 1 aromatic carbocycles. The standard InChI is InChI=1S/C12H15NO3S/c1-14-11-6-10(9-13)7-12(8-11)16-3-2-15-4-5-17/h6-8,17H,2-5H2,1H3. The maximum absolute atomic E-state index is 8.83. The van der Waals surface area contributed by atoms with Gasteiger partial charge in [0.25, 0.3) is 0 Å². The molecule has 92 valence electrons. The van der Waals surface area contributed by atoms with E-state index in [0.717, 1.165) is 0 Å². The summed E-state index contributed by atoms with van der Waals surface area (Å²) in [5, 5.41) is 8.83. The van der Waals surface area contributed by atoms with E-state index >= 15 is 0 Å². The number of nitriles is 1. The van der Waals surface area contributed by atoms with Crippen LogP contribution in [0, 0.1) is 11.3 Å². The van der Waals surface area contributed by atoms with Gasteiger partial charge < -0.3 is 14.2 Å². The van der Waals surface area contributed by atoms with Crippen LogP contribution >= 0.6 is 12.6 Å². The van der Waals surface area contributed by atoms with Crippen LogP contribution in [0.4, 0.5) is 0 Å². The lowest BCUT2D eigenvalue weighted by Crippen LogP contribution is -2.08. The van der Waals surface area contributed by atoms with Gasteiger partial charge in [-0.3, -0.25) is 0 Å². The Morgan fingerprint density at radius 1 is 1.18 bits per heavy atom. The van der Waals surface area contributed by atoms with E-state index in [0.29, 0.717) is 42.6 Å². The molecule has 0 atom stereocenters. The molecule has 0 aromatic heterocycles. The molecule has 1 rings (SSSR count). The van der Waals surface area contributed by atoms with Gasteiger partial charge in [-0.25, -0.2) is 0 Å². The van der Waals surface area contributed by atoms with E-state index in [-0.39, 0.29) is 0 Å². The van der Waals surface area contributed by atoms with Crippen LogP contribution in [0.15, 0.2) is 18.2 Å². The van der Waals surface area contributed by atoms with Gasteiger partial charge >= 0.3 is 0 Å². The first-order chi connectivity index (χ1) is 8.30. The molecule has 0 unspecified atom stereocenters. The highest BCUT2D eigenvalue weighted by molar-refractivity contribution is 7.80. The fourth-order valence-electron chi connectivity index (χ4n) is 1.22. The maximum Gasteiger partial charge on any atom is 0.124 e. The second-order valence-electron chi connectivity index (χ2n) is 3.19. The summed E-state index contributed by atoms with van der Waals surface area (Å²) in [7, 11) is 1.55. The molecule has 0 bridgehead atoms. The minimum absolute atomic E-state index is 0.436. The Balaban J connectivity index is 2.50. The number of rotatable bonds is 7. The van der Waals surface area contributed by atoms with E-state index < -0.39 is 0 Å². The highest BCUT2D eigenvalue weighted by Gasteiger charge is 2.01. The topological polar surface area (TPSA) is 51.5 Å². The van der Waals surface area contributed by atoms with Crippen molar-refractivity contribution >= 4 is 12.6 Å². The third-order valence-corrected chi connectivity index (χ3v) is 2.16. The molecule has 0 saturated heterocycles. The van der Waals surface area contributed by atoms with Gasteiger partial charge in [-0.05, 0) is 12.1 Å². The normalized spacial score (nSPS) is 9.71. The zero-order valence-corrected chi connectivity index (χ0v) is 10.6. The summed E-state index contributed by atoms with van der Waals surface area (Å²) in [5.41, 5.74) is 0.510. The lowest BCUT2D eigenvalue weighted by Gasteiger charge is -2.08. The van der Waals surface area contributed by atoms with Gasteiger partial charge in [0.15, 0.2) is 0 Å². The van der Waals surface area contributed by atoms with Gasteiger partial charge in [-0.15, -0.1) is 0 Å². The van der Waals surface area contributed by atoms with Gasteiger partial charge in [-0.2, -0.15) is 17.9 Å². The molecule has 1 aromatic rings. The van der Waals surface area contributed by atoms with Crippen molar-refractivity contribution in [2.24, 2.45) is 0 Å². The van der Waals surface area contributed by atoms with Crippen LogP contribution in [-0.2, 0) is 4.74 Å². The molecule has 0 heterocycles. The van der Waals surface area contributed by atoms with Gasteiger partial charge in [0, 0.05) is 11.8 Å². The van der Waals surface area contributed by atoms with E-state index in [1.54, 1.807) is 25.3 Å². The molecule has 0 N–H and O–H groups in total. The fourth-order valence-corrected chi connectivity index (χ4v) is 1.35. The summed E-state index contributed by atoms with van der Waals surface area (Å²) < 4.78 is 15.7.